The molecule has 114 valence electrons. The van der Waals surface area contributed by atoms with E-state index >= 15 is 0 Å². The molecule has 1 aromatic carbocycles. The average Bonchev–Trinajstić information content (AvgIpc) is 3.16. The summed E-state index contributed by atoms with van der Waals surface area (Å²) in [6.45, 7) is 2.74. The number of amides is 1. The van der Waals surface area contributed by atoms with Crippen LogP contribution in [0.25, 0.3) is 0 Å². The van der Waals surface area contributed by atoms with Gasteiger partial charge in [-0.1, -0.05) is 6.07 Å². The molecule has 1 amide bonds. The maximum Gasteiger partial charge on any atom is 0.254 e. The quantitative estimate of drug-likeness (QED) is 0.911. The fourth-order valence-corrected chi connectivity index (χ4v) is 2.84. The lowest BCUT2D eigenvalue weighted by molar-refractivity contribution is 0.0678. The van der Waals surface area contributed by atoms with Crippen LogP contribution in [0.15, 0.2) is 24.3 Å². The molecule has 2 aliphatic rings. The number of ether oxygens (including phenoxy) is 2. The molecule has 2 N–H and O–H groups in total. The van der Waals surface area contributed by atoms with Gasteiger partial charge in [-0.05, 0) is 37.5 Å². The Bertz CT molecular complexity index is 500. The largest absolute Gasteiger partial charge is 0.491 e. The summed E-state index contributed by atoms with van der Waals surface area (Å²) < 4.78 is 11.3. The summed E-state index contributed by atoms with van der Waals surface area (Å²) in [7, 11) is 0. The fraction of sp³-hybridized carbons (Fsp3) is 0.562. The molecule has 2 unspecified atom stereocenters. The lowest BCUT2D eigenvalue weighted by Crippen LogP contribution is -2.31. The van der Waals surface area contributed by atoms with Gasteiger partial charge in [0.15, 0.2) is 0 Å². The molecule has 2 saturated heterocycles. The van der Waals surface area contributed by atoms with E-state index in [1.165, 1.54) is 0 Å². The van der Waals surface area contributed by atoms with Gasteiger partial charge in [-0.2, -0.15) is 0 Å². The van der Waals surface area contributed by atoms with E-state index in [9.17, 15) is 4.79 Å². The molecule has 0 bridgehead atoms. The van der Waals surface area contributed by atoms with Crippen LogP contribution >= 0.6 is 0 Å². The monoisotopic (exact) mass is 290 g/mol. The third-order valence-electron chi connectivity index (χ3n) is 4.05. The lowest BCUT2D eigenvalue weighted by Gasteiger charge is -2.17. The van der Waals surface area contributed by atoms with E-state index in [4.69, 9.17) is 15.2 Å². The second-order valence-corrected chi connectivity index (χ2v) is 5.77. The van der Waals surface area contributed by atoms with Crippen LogP contribution in [0, 0.1) is 0 Å². The second kappa shape index (κ2) is 6.45. The van der Waals surface area contributed by atoms with E-state index in [1.807, 2.05) is 23.1 Å². The van der Waals surface area contributed by atoms with Crippen LogP contribution in [0.4, 0.5) is 0 Å². The zero-order chi connectivity index (χ0) is 14.7. The zero-order valence-electron chi connectivity index (χ0n) is 12.2. The summed E-state index contributed by atoms with van der Waals surface area (Å²) in [6.07, 6.45) is 3.20. The van der Waals surface area contributed by atoms with E-state index < -0.39 is 0 Å². The summed E-state index contributed by atoms with van der Waals surface area (Å²) in [5, 5.41) is 0. The number of carbonyl (C=O) groups excluding carboxylic acids is 1. The van der Waals surface area contributed by atoms with Crippen molar-refractivity contribution in [2.45, 2.75) is 31.4 Å². The van der Waals surface area contributed by atoms with Crippen molar-refractivity contribution in [2.24, 2.45) is 5.73 Å². The van der Waals surface area contributed by atoms with Gasteiger partial charge in [-0.15, -0.1) is 0 Å². The number of nitrogens with zero attached hydrogens (tertiary/aromatic N) is 1. The Hall–Kier alpha value is -1.59. The van der Waals surface area contributed by atoms with E-state index in [-0.39, 0.29) is 18.1 Å². The van der Waals surface area contributed by atoms with Crippen LogP contribution in [0.2, 0.25) is 0 Å². The molecule has 0 saturated carbocycles. The van der Waals surface area contributed by atoms with Crippen molar-refractivity contribution < 1.29 is 14.3 Å². The maximum atomic E-state index is 12.4. The SMILES string of the molecule is NC1CCN(C(=O)c2cccc(OCC3CCCO3)c2)C1. The maximum absolute atomic E-state index is 12.4. The van der Waals surface area contributed by atoms with Gasteiger partial charge in [-0.25, -0.2) is 0 Å². The van der Waals surface area contributed by atoms with Gasteiger partial charge in [0.1, 0.15) is 12.4 Å². The molecule has 2 heterocycles. The fourth-order valence-electron chi connectivity index (χ4n) is 2.84. The summed E-state index contributed by atoms with van der Waals surface area (Å²) >= 11 is 0. The third-order valence-corrected chi connectivity index (χ3v) is 4.05. The molecule has 1 aromatic rings. The summed E-state index contributed by atoms with van der Waals surface area (Å²) in [4.78, 5) is 14.2. The number of likely N-dealkylation sites (tertiary alicyclic amines) is 1. The smallest absolute Gasteiger partial charge is 0.254 e. The highest BCUT2D eigenvalue weighted by atomic mass is 16.5. The van der Waals surface area contributed by atoms with Crippen LogP contribution in [-0.2, 0) is 4.74 Å². The number of hydrogen-bond acceptors (Lipinski definition) is 4. The Morgan fingerprint density at radius 3 is 3.05 bits per heavy atom. The predicted octanol–water partition coefficient (Wildman–Crippen LogP) is 1.42. The minimum Gasteiger partial charge on any atom is -0.491 e. The van der Waals surface area contributed by atoms with Crippen LogP contribution in [0.5, 0.6) is 5.75 Å². The minimum atomic E-state index is 0.0329. The average molecular weight is 290 g/mol. The minimum absolute atomic E-state index is 0.0329. The first kappa shape index (κ1) is 14.4. The topological polar surface area (TPSA) is 64.8 Å². The first-order chi connectivity index (χ1) is 10.2. The Balaban J connectivity index is 1.60. The highest BCUT2D eigenvalue weighted by molar-refractivity contribution is 5.94. The predicted molar refractivity (Wildman–Crippen MR) is 79.4 cm³/mol. The van der Waals surface area contributed by atoms with Gasteiger partial charge >= 0.3 is 0 Å². The second-order valence-electron chi connectivity index (χ2n) is 5.77. The molecule has 0 aliphatic carbocycles. The highest BCUT2D eigenvalue weighted by Crippen LogP contribution is 2.19. The molecule has 0 aromatic heterocycles. The Labute approximate surface area is 125 Å². The highest BCUT2D eigenvalue weighted by Gasteiger charge is 2.24. The van der Waals surface area contributed by atoms with Crippen molar-refractivity contribution in [1.82, 2.24) is 4.90 Å². The van der Waals surface area contributed by atoms with Crippen LogP contribution in [-0.4, -0.2) is 49.3 Å². The molecule has 5 heteroatoms. The summed E-state index contributed by atoms with van der Waals surface area (Å²) in [5.41, 5.74) is 6.52. The number of rotatable bonds is 4. The van der Waals surface area contributed by atoms with Crippen molar-refractivity contribution in [1.29, 1.82) is 0 Å². The molecule has 2 atom stereocenters. The number of nitrogens with two attached hydrogens (primary N) is 1. The van der Waals surface area contributed by atoms with Gasteiger partial charge in [0.2, 0.25) is 0 Å². The summed E-state index contributed by atoms with van der Waals surface area (Å²) in [6, 6.07) is 7.47. The molecular weight excluding hydrogens is 268 g/mol. The van der Waals surface area contributed by atoms with Crippen molar-refractivity contribution in [3.8, 4) is 5.75 Å². The van der Waals surface area contributed by atoms with Crippen molar-refractivity contribution in [2.75, 3.05) is 26.3 Å². The lowest BCUT2D eigenvalue weighted by atomic mass is 10.2. The van der Waals surface area contributed by atoms with E-state index in [0.717, 1.165) is 38.2 Å². The molecule has 0 spiro atoms. The Kier molecular flexibility index (Phi) is 4.41. The van der Waals surface area contributed by atoms with Crippen LogP contribution in [0.3, 0.4) is 0 Å². The first-order valence-electron chi connectivity index (χ1n) is 7.62. The molecule has 2 fully saturated rings. The molecule has 3 rings (SSSR count). The van der Waals surface area contributed by atoms with Crippen molar-refractivity contribution >= 4 is 5.91 Å². The Morgan fingerprint density at radius 1 is 1.43 bits per heavy atom. The van der Waals surface area contributed by atoms with Gasteiger partial charge in [-0.3, -0.25) is 4.79 Å². The van der Waals surface area contributed by atoms with Crippen molar-refractivity contribution in [3.05, 3.63) is 29.8 Å². The van der Waals surface area contributed by atoms with E-state index in [1.54, 1.807) is 6.07 Å². The molecule has 21 heavy (non-hydrogen) atoms. The van der Waals surface area contributed by atoms with Gasteiger partial charge < -0.3 is 20.1 Å². The van der Waals surface area contributed by atoms with Crippen molar-refractivity contribution in [3.63, 3.8) is 0 Å². The normalized spacial score (nSPS) is 25.3. The Morgan fingerprint density at radius 2 is 2.33 bits per heavy atom. The number of benzene rings is 1. The first-order valence-corrected chi connectivity index (χ1v) is 7.62. The van der Waals surface area contributed by atoms with Gasteiger partial charge in [0.05, 0.1) is 6.10 Å². The molecule has 5 nitrogen and oxygen atoms in total. The van der Waals surface area contributed by atoms with E-state index in [2.05, 4.69) is 0 Å². The summed E-state index contributed by atoms with van der Waals surface area (Å²) in [5.74, 6) is 0.755. The third kappa shape index (κ3) is 3.54. The van der Waals surface area contributed by atoms with Crippen LogP contribution < -0.4 is 10.5 Å². The standard InChI is InChI=1S/C16H22N2O3/c17-13-6-7-18(10-13)16(19)12-3-1-4-14(9-12)21-11-15-5-2-8-20-15/h1,3-4,9,13,15H,2,5-8,10-11,17H2. The number of hydrogen-bond donors (Lipinski definition) is 1. The zero-order valence-corrected chi connectivity index (χ0v) is 12.2. The number of carbonyl (C=O) groups is 1. The van der Waals surface area contributed by atoms with Gasteiger partial charge in [0.25, 0.3) is 5.91 Å². The molecule has 0 radical (unpaired) electrons. The van der Waals surface area contributed by atoms with Crippen LogP contribution in [0.1, 0.15) is 29.6 Å². The molecule has 2 aliphatic heterocycles. The molecular formula is C16H22N2O3. The van der Waals surface area contributed by atoms with Gasteiger partial charge in [0, 0.05) is 31.3 Å². The van der Waals surface area contributed by atoms with E-state index in [0.29, 0.717) is 18.7 Å².